The Morgan fingerprint density at radius 3 is 2.28 bits per heavy atom. The minimum absolute atomic E-state index is 0.0129. The summed E-state index contributed by atoms with van der Waals surface area (Å²) in [7, 11) is -3.89. The number of hydrazine groups is 1. The van der Waals surface area contributed by atoms with E-state index in [0.29, 0.717) is 10.7 Å². The molecule has 0 bridgehead atoms. The standard InChI is InChI=1S/C16H14ClN3O4S/c17-11-6-8-13(9-7-11)25(23,24)19-18-14-10-15(21)20(16(14)22)12-4-2-1-3-5-12/h1-9,14,18-19H,10H2/t14-/m0/s1. The normalized spacial score (nSPS) is 18.0. The van der Waals surface area contributed by atoms with Crippen molar-refractivity contribution in [3.05, 3.63) is 59.6 Å². The first kappa shape index (κ1) is 17.6. The number of halogens is 1. The first-order valence-electron chi connectivity index (χ1n) is 7.33. The Bertz CT molecular complexity index is 901. The fourth-order valence-electron chi connectivity index (χ4n) is 2.41. The van der Waals surface area contributed by atoms with Gasteiger partial charge in [-0.1, -0.05) is 29.8 Å². The fourth-order valence-corrected chi connectivity index (χ4v) is 3.45. The highest BCUT2D eigenvalue weighted by atomic mass is 35.5. The molecular formula is C16H14ClN3O4S. The van der Waals surface area contributed by atoms with Gasteiger partial charge in [0.25, 0.3) is 15.9 Å². The molecule has 2 aromatic carbocycles. The third-order valence-corrected chi connectivity index (χ3v) is 5.18. The van der Waals surface area contributed by atoms with Crippen molar-refractivity contribution in [3.63, 3.8) is 0 Å². The van der Waals surface area contributed by atoms with Crippen LogP contribution in [0.4, 0.5) is 5.69 Å². The van der Waals surface area contributed by atoms with Crippen LogP contribution in [0.15, 0.2) is 59.5 Å². The molecule has 1 atom stereocenters. The van der Waals surface area contributed by atoms with E-state index >= 15 is 0 Å². The Kier molecular flexibility index (Phi) is 4.87. The number of carbonyl (C=O) groups is 2. The predicted molar refractivity (Wildman–Crippen MR) is 92.2 cm³/mol. The number of imide groups is 1. The Morgan fingerprint density at radius 2 is 1.64 bits per heavy atom. The topological polar surface area (TPSA) is 95.6 Å². The average molecular weight is 380 g/mol. The van der Waals surface area contributed by atoms with Gasteiger partial charge in [-0.3, -0.25) is 9.59 Å². The van der Waals surface area contributed by atoms with Crippen molar-refractivity contribution in [1.82, 2.24) is 10.3 Å². The SMILES string of the molecule is O=C1C[C@H](NNS(=O)(=O)c2ccc(Cl)cc2)C(=O)N1c1ccccc1. The lowest BCUT2D eigenvalue weighted by molar-refractivity contribution is -0.121. The van der Waals surface area contributed by atoms with Crippen molar-refractivity contribution in [2.75, 3.05) is 4.90 Å². The molecule has 2 amide bonds. The van der Waals surface area contributed by atoms with Gasteiger partial charge in [-0.05, 0) is 36.4 Å². The van der Waals surface area contributed by atoms with Gasteiger partial charge in [-0.25, -0.2) is 18.7 Å². The molecule has 130 valence electrons. The van der Waals surface area contributed by atoms with Crippen LogP contribution >= 0.6 is 11.6 Å². The van der Waals surface area contributed by atoms with Gasteiger partial charge in [0, 0.05) is 5.02 Å². The first-order chi connectivity index (χ1) is 11.9. The highest BCUT2D eigenvalue weighted by molar-refractivity contribution is 7.89. The molecule has 0 aliphatic carbocycles. The second kappa shape index (κ2) is 6.93. The largest absolute Gasteiger partial charge is 0.274 e. The molecule has 0 saturated carbocycles. The molecule has 1 saturated heterocycles. The lowest BCUT2D eigenvalue weighted by Gasteiger charge is -2.16. The molecule has 1 aliphatic rings. The lowest BCUT2D eigenvalue weighted by Crippen LogP contribution is -2.48. The Hall–Kier alpha value is -2.26. The zero-order valence-corrected chi connectivity index (χ0v) is 14.4. The highest BCUT2D eigenvalue weighted by Gasteiger charge is 2.40. The molecule has 7 nitrogen and oxygen atoms in total. The third-order valence-electron chi connectivity index (χ3n) is 3.65. The van der Waals surface area contributed by atoms with E-state index in [1.165, 1.54) is 24.3 Å². The lowest BCUT2D eigenvalue weighted by atomic mass is 10.3. The van der Waals surface area contributed by atoms with Crippen molar-refractivity contribution in [3.8, 4) is 0 Å². The number of rotatable bonds is 5. The summed E-state index contributed by atoms with van der Waals surface area (Å²) in [4.78, 5) is 27.7. The summed E-state index contributed by atoms with van der Waals surface area (Å²) in [6.07, 6.45) is -0.142. The number of para-hydroxylation sites is 1. The van der Waals surface area contributed by atoms with E-state index in [2.05, 4.69) is 10.3 Å². The Morgan fingerprint density at radius 1 is 1.00 bits per heavy atom. The molecule has 0 spiro atoms. The average Bonchev–Trinajstić information content (AvgIpc) is 2.88. The fraction of sp³-hybridized carbons (Fsp3) is 0.125. The Balaban J connectivity index is 1.71. The van der Waals surface area contributed by atoms with Crippen molar-refractivity contribution in [2.45, 2.75) is 17.4 Å². The van der Waals surface area contributed by atoms with Crippen LogP contribution in [0.5, 0.6) is 0 Å². The number of hydrogen-bond acceptors (Lipinski definition) is 5. The van der Waals surface area contributed by atoms with Gasteiger partial charge in [0.1, 0.15) is 6.04 Å². The van der Waals surface area contributed by atoms with Crippen molar-refractivity contribution >= 4 is 39.1 Å². The molecule has 1 aliphatic heterocycles. The number of carbonyl (C=O) groups excluding carboxylic acids is 2. The quantitative estimate of drug-likeness (QED) is 0.605. The van der Waals surface area contributed by atoms with Gasteiger partial charge >= 0.3 is 0 Å². The summed E-state index contributed by atoms with van der Waals surface area (Å²) in [6, 6.07) is 13.0. The number of anilines is 1. The second-order valence-corrected chi connectivity index (χ2v) is 7.48. The maximum Gasteiger partial charge on any atom is 0.253 e. The summed E-state index contributed by atoms with van der Waals surface area (Å²) >= 11 is 5.73. The molecule has 0 aromatic heterocycles. The summed E-state index contributed by atoms with van der Waals surface area (Å²) in [5, 5.41) is 0.405. The first-order valence-corrected chi connectivity index (χ1v) is 9.19. The smallest absolute Gasteiger partial charge is 0.253 e. The number of nitrogens with one attached hydrogen (secondary N) is 2. The van der Waals surface area contributed by atoms with E-state index < -0.39 is 27.9 Å². The Labute approximate surface area is 149 Å². The summed E-state index contributed by atoms with van der Waals surface area (Å²) in [6.45, 7) is 0. The summed E-state index contributed by atoms with van der Waals surface area (Å²) in [5.74, 6) is -0.922. The molecule has 0 radical (unpaired) electrons. The summed E-state index contributed by atoms with van der Waals surface area (Å²) < 4.78 is 24.4. The molecule has 2 aromatic rings. The van der Waals surface area contributed by atoms with Crippen LogP contribution in [0.2, 0.25) is 5.02 Å². The number of sulfonamides is 1. The van der Waals surface area contributed by atoms with E-state index in [1.807, 2.05) is 0 Å². The van der Waals surface area contributed by atoms with Gasteiger partial charge < -0.3 is 0 Å². The van der Waals surface area contributed by atoms with Crippen LogP contribution in [0, 0.1) is 0 Å². The third kappa shape index (κ3) is 3.72. The zero-order chi connectivity index (χ0) is 18.0. The van der Waals surface area contributed by atoms with Crippen LogP contribution in [0.3, 0.4) is 0 Å². The molecule has 1 heterocycles. The molecule has 9 heteroatoms. The van der Waals surface area contributed by atoms with E-state index in [1.54, 1.807) is 30.3 Å². The monoisotopic (exact) mass is 379 g/mol. The van der Waals surface area contributed by atoms with Crippen LogP contribution in [-0.4, -0.2) is 26.3 Å². The minimum Gasteiger partial charge on any atom is -0.274 e. The number of nitrogens with zero attached hydrogens (tertiary/aromatic N) is 1. The van der Waals surface area contributed by atoms with Gasteiger partial charge in [0.15, 0.2) is 0 Å². The number of amides is 2. The van der Waals surface area contributed by atoms with E-state index in [9.17, 15) is 18.0 Å². The van der Waals surface area contributed by atoms with Crippen LogP contribution in [0.1, 0.15) is 6.42 Å². The molecule has 1 fully saturated rings. The van der Waals surface area contributed by atoms with Gasteiger partial charge in [-0.15, -0.1) is 4.83 Å². The number of benzene rings is 2. The zero-order valence-electron chi connectivity index (χ0n) is 12.8. The van der Waals surface area contributed by atoms with Crippen LogP contribution in [-0.2, 0) is 19.6 Å². The minimum atomic E-state index is -3.89. The second-order valence-electron chi connectivity index (χ2n) is 5.36. The molecule has 0 unspecified atom stereocenters. The predicted octanol–water partition coefficient (Wildman–Crippen LogP) is 1.46. The molecule has 3 rings (SSSR count). The van der Waals surface area contributed by atoms with E-state index in [-0.39, 0.29) is 11.3 Å². The number of hydrogen-bond donors (Lipinski definition) is 2. The highest BCUT2D eigenvalue weighted by Crippen LogP contribution is 2.22. The summed E-state index contributed by atoms with van der Waals surface area (Å²) in [5.41, 5.74) is 2.88. The van der Waals surface area contributed by atoms with E-state index in [4.69, 9.17) is 11.6 Å². The van der Waals surface area contributed by atoms with Crippen molar-refractivity contribution < 1.29 is 18.0 Å². The van der Waals surface area contributed by atoms with Gasteiger partial charge in [0.05, 0.1) is 17.0 Å². The molecule has 25 heavy (non-hydrogen) atoms. The van der Waals surface area contributed by atoms with Crippen molar-refractivity contribution in [2.24, 2.45) is 0 Å². The van der Waals surface area contributed by atoms with Gasteiger partial charge in [-0.2, -0.15) is 0 Å². The van der Waals surface area contributed by atoms with Crippen molar-refractivity contribution in [1.29, 1.82) is 0 Å². The van der Waals surface area contributed by atoms with E-state index in [0.717, 1.165) is 4.90 Å². The van der Waals surface area contributed by atoms with Crippen LogP contribution in [0.25, 0.3) is 0 Å². The maximum absolute atomic E-state index is 12.4. The molecule has 2 N–H and O–H groups in total. The molecular weight excluding hydrogens is 366 g/mol. The van der Waals surface area contributed by atoms with Gasteiger partial charge in [0.2, 0.25) is 5.91 Å². The maximum atomic E-state index is 12.4. The van der Waals surface area contributed by atoms with Crippen LogP contribution < -0.4 is 15.2 Å².